The van der Waals surface area contributed by atoms with Crippen LogP contribution in [0.2, 0.25) is 0 Å². The van der Waals surface area contributed by atoms with Crippen molar-refractivity contribution in [2.45, 2.75) is 20.3 Å². The van der Waals surface area contributed by atoms with Gasteiger partial charge in [0.05, 0.1) is 5.57 Å². The molecule has 0 spiro atoms. The number of carbonyl (C=O) groups is 1. The van der Waals surface area contributed by atoms with Crippen LogP contribution in [0.3, 0.4) is 0 Å². The van der Waals surface area contributed by atoms with E-state index in [4.69, 9.17) is 14.9 Å². The Labute approximate surface area is 185 Å². The minimum absolute atomic E-state index is 0.0412. The average Bonchev–Trinajstić information content (AvgIpc) is 3.20. The summed E-state index contributed by atoms with van der Waals surface area (Å²) in [5, 5.41) is 15.4. The molecular formula is C23H22N4O3S. The van der Waals surface area contributed by atoms with E-state index in [1.807, 2.05) is 62.4 Å². The van der Waals surface area contributed by atoms with E-state index in [-0.39, 0.29) is 11.4 Å². The van der Waals surface area contributed by atoms with Gasteiger partial charge in [-0.25, -0.2) is 0 Å². The Morgan fingerprint density at radius 2 is 1.65 bits per heavy atom. The van der Waals surface area contributed by atoms with Crippen LogP contribution in [0, 0.1) is 12.3 Å². The molecule has 0 fully saturated rings. The van der Waals surface area contributed by atoms with E-state index in [9.17, 15) is 4.79 Å². The number of hydrogen-bond acceptors (Lipinski definition) is 6. The Morgan fingerprint density at radius 3 is 2.26 bits per heavy atom. The summed E-state index contributed by atoms with van der Waals surface area (Å²) in [4.78, 5) is 16.5. The molecule has 0 saturated heterocycles. The van der Waals surface area contributed by atoms with Crippen molar-refractivity contribution < 1.29 is 14.3 Å². The van der Waals surface area contributed by atoms with Gasteiger partial charge in [0.15, 0.2) is 5.84 Å². The fraction of sp³-hybridized carbons (Fsp3) is 0.217. The van der Waals surface area contributed by atoms with Crippen molar-refractivity contribution >= 4 is 39.8 Å². The van der Waals surface area contributed by atoms with Gasteiger partial charge < -0.3 is 9.47 Å². The van der Waals surface area contributed by atoms with Crippen molar-refractivity contribution in [1.82, 2.24) is 5.01 Å². The van der Waals surface area contributed by atoms with Crippen LogP contribution in [0.5, 0.6) is 11.5 Å². The summed E-state index contributed by atoms with van der Waals surface area (Å²) in [7, 11) is 0. The van der Waals surface area contributed by atoms with Gasteiger partial charge in [-0.05, 0) is 61.0 Å². The van der Waals surface area contributed by atoms with Crippen molar-refractivity contribution in [3.05, 3.63) is 65.2 Å². The van der Waals surface area contributed by atoms with Gasteiger partial charge in [-0.1, -0.05) is 36.8 Å². The number of amidine groups is 2. The third-order valence-corrected chi connectivity index (χ3v) is 5.68. The standard InChI is InChI=1S/C23H22N4O3S/c1-3-20-26-27-21(24)19(22(28)25-23(27)31-20)14-16-6-10-18(11-7-16)30-13-12-29-17-8-4-15(2)5-9-17/h4-11,14,24H,3,12-13H2,1-2H3/b19-14+,24-21?. The Hall–Kier alpha value is -3.39. The van der Waals surface area contributed by atoms with Crippen LogP contribution in [0.15, 0.2) is 64.2 Å². The van der Waals surface area contributed by atoms with Gasteiger partial charge in [0.1, 0.15) is 29.8 Å². The molecule has 158 valence electrons. The highest BCUT2D eigenvalue weighted by Gasteiger charge is 2.34. The summed E-state index contributed by atoms with van der Waals surface area (Å²) in [6.07, 6.45) is 2.39. The highest BCUT2D eigenvalue weighted by Crippen LogP contribution is 2.29. The molecule has 0 bridgehead atoms. The lowest BCUT2D eigenvalue weighted by Crippen LogP contribution is -2.35. The maximum absolute atomic E-state index is 12.4. The molecule has 0 aromatic heterocycles. The lowest BCUT2D eigenvalue weighted by molar-refractivity contribution is -0.114. The highest BCUT2D eigenvalue weighted by molar-refractivity contribution is 8.26. The maximum Gasteiger partial charge on any atom is 0.283 e. The number of hydrazone groups is 1. The average molecular weight is 435 g/mol. The number of aliphatic imine (C=N–C) groups is 1. The second-order valence-corrected chi connectivity index (χ2v) is 7.99. The van der Waals surface area contributed by atoms with Crippen molar-refractivity contribution in [3.63, 3.8) is 0 Å². The fourth-order valence-electron chi connectivity index (χ4n) is 2.96. The largest absolute Gasteiger partial charge is 0.490 e. The molecule has 4 rings (SSSR count). The van der Waals surface area contributed by atoms with Gasteiger partial charge in [-0.15, -0.1) is 0 Å². The minimum atomic E-state index is -0.426. The molecule has 2 heterocycles. The number of amides is 1. The first-order valence-electron chi connectivity index (χ1n) is 9.95. The molecule has 2 aromatic rings. The summed E-state index contributed by atoms with van der Waals surface area (Å²) < 4.78 is 11.4. The lowest BCUT2D eigenvalue weighted by Gasteiger charge is -2.20. The van der Waals surface area contributed by atoms with E-state index in [1.165, 1.54) is 22.3 Å². The monoisotopic (exact) mass is 434 g/mol. The van der Waals surface area contributed by atoms with Crippen LogP contribution in [0.4, 0.5) is 0 Å². The number of ether oxygens (including phenoxy) is 2. The van der Waals surface area contributed by atoms with E-state index in [1.54, 1.807) is 6.08 Å². The Balaban J connectivity index is 1.35. The van der Waals surface area contributed by atoms with Gasteiger partial charge in [-0.2, -0.15) is 15.1 Å². The smallest absolute Gasteiger partial charge is 0.283 e. The van der Waals surface area contributed by atoms with Gasteiger partial charge in [-0.3, -0.25) is 10.2 Å². The lowest BCUT2D eigenvalue weighted by atomic mass is 10.1. The number of aryl methyl sites for hydroxylation is 1. The predicted molar refractivity (Wildman–Crippen MR) is 124 cm³/mol. The third kappa shape index (κ3) is 4.86. The molecule has 1 amide bonds. The number of carbonyl (C=O) groups excluding carboxylic acids is 1. The first kappa shape index (κ1) is 20.9. The maximum atomic E-state index is 12.4. The molecule has 0 radical (unpaired) electrons. The van der Waals surface area contributed by atoms with Crippen LogP contribution in [-0.4, -0.2) is 40.2 Å². The molecule has 1 N–H and O–H groups in total. The quantitative estimate of drug-likeness (QED) is 0.513. The number of nitrogens with one attached hydrogen (secondary N) is 1. The van der Waals surface area contributed by atoms with Gasteiger partial charge in [0, 0.05) is 0 Å². The molecule has 0 atom stereocenters. The Kier molecular flexibility index (Phi) is 6.18. The van der Waals surface area contributed by atoms with Crippen LogP contribution in [-0.2, 0) is 4.79 Å². The number of hydrogen-bond donors (Lipinski definition) is 1. The van der Waals surface area contributed by atoms with E-state index in [0.717, 1.165) is 22.8 Å². The summed E-state index contributed by atoms with van der Waals surface area (Å²) in [6, 6.07) is 15.2. The zero-order chi connectivity index (χ0) is 21.8. The fourth-order valence-corrected chi connectivity index (χ4v) is 3.78. The molecule has 2 aromatic carbocycles. The van der Waals surface area contributed by atoms with Crippen molar-refractivity contribution in [1.29, 1.82) is 5.41 Å². The second kappa shape index (κ2) is 9.18. The Bertz CT molecular complexity index is 1090. The van der Waals surface area contributed by atoms with Crippen LogP contribution >= 0.6 is 11.8 Å². The van der Waals surface area contributed by atoms with Gasteiger partial charge in [0.25, 0.3) is 5.91 Å². The molecule has 7 nitrogen and oxygen atoms in total. The first-order valence-corrected chi connectivity index (χ1v) is 10.8. The second-order valence-electron chi connectivity index (χ2n) is 6.95. The molecule has 2 aliphatic heterocycles. The van der Waals surface area contributed by atoms with Crippen LogP contribution < -0.4 is 9.47 Å². The zero-order valence-corrected chi connectivity index (χ0v) is 18.1. The zero-order valence-electron chi connectivity index (χ0n) is 17.3. The normalized spacial score (nSPS) is 16.8. The minimum Gasteiger partial charge on any atom is -0.490 e. The summed E-state index contributed by atoms with van der Waals surface area (Å²) in [5.41, 5.74) is 2.18. The number of rotatable bonds is 7. The van der Waals surface area contributed by atoms with Crippen LogP contribution in [0.1, 0.15) is 24.5 Å². The number of thioether (sulfide) groups is 1. The molecular weight excluding hydrogens is 412 g/mol. The summed E-state index contributed by atoms with van der Waals surface area (Å²) in [6.45, 7) is 4.87. The van der Waals surface area contributed by atoms with Crippen LogP contribution in [0.25, 0.3) is 6.08 Å². The SMILES string of the molecule is CCC1=NN2C(=N)/C(=C\c3ccc(OCCOc4ccc(C)cc4)cc3)C(=O)N=C2S1. The van der Waals surface area contributed by atoms with Gasteiger partial charge in [0.2, 0.25) is 5.17 Å². The number of nitrogens with zero attached hydrogens (tertiary/aromatic N) is 3. The topological polar surface area (TPSA) is 87.3 Å². The number of benzene rings is 2. The van der Waals surface area contributed by atoms with Gasteiger partial charge >= 0.3 is 0 Å². The molecule has 2 aliphatic rings. The van der Waals surface area contributed by atoms with Crippen molar-refractivity contribution in [3.8, 4) is 11.5 Å². The number of fused-ring (bicyclic) bond motifs is 1. The molecule has 0 aliphatic carbocycles. The van der Waals surface area contributed by atoms with E-state index in [2.05, 4.69) is 10.1 Å². The van der Waals surface area contributed by atoms with E-state index >= 15 is 0 Å². The predicted octanol–water partition coefficient (Wildman–Crippen LogP) is 4.48. The molecule has 0 saturated carbocycles. The van der Waals surface area contributed by atoms with Crippen molar-refractivity contribution in [2.75, 3.05) is 13.2 Å². The highest BCUT2D eigenvalue weighted by atomic mass is 32.2. The first-order chi connectivity index (χ1) is 15.0. The van der Waals surface area contributed by atoms with E-state index < -0.39 is 5.91 Å². The summed E-state index contributed by atoms with van der Waals surface area (Å²) >= 11 is 1.33. The Morgan fingerprint density at radius 1 is 1.03 bits per heavy atom. The summed E-state index contributed by atoms with van der Waals surface area (Å²) in [5.74, 6) is 1.13. The van der Waals surface area contributed by atoms with Crippen molar-refractivity contribution in [2.24, 2.45) is 10.1 Å². The molecule has 31 heavy (non-hydrogen) atoms. The van der Waals surface area contributed by atoms with E-state index in [0.29, 0.717) is 24.1 Å². The third-order valence-electron chi connectivity index (χ3n) is 4.63. The molecule has 8 heteroatoms. The molecule has 0 unspecified atom stereocenters.